The fourth-order valence-corrected chi connectivity index (χ4v) is 2.61. The molecule has 8 heteroatoms. The maximum atomic E-state index is 10.8. The molecule has 0 saturated carbocycles. The van der Waals surface area contributed by atoms with Crippen molar-refractivity contribution in [1.82, 2.24) is 4.98 Å². The van der Waals surface area contributed by atoms with Gasteiger partial charge in [-0.25, -0.2) is 4.98 Å². The first-order valence-electron chi connectivity index (χ1n) is 6.61. The molecule has 0 bridgehead atoms. The highest BCUT2D eigenvalue weighted by atomic mass is 32.1. The smallest absolute Gasteiger partial charge is 0.273 e. The molecule has 3 rings (SSSR count). The molecule has 7 nitrogen and oxygen atoms in total. The largest absolute Gasteiger partial charge is 0.493 e. The molecule has 0 radical (unpaired) electrons. The second-order valence-corrected chi connectivity index (χ2v) is 5.42. The van der Waals surface area contributed by atoms with E-state index in [4.69, 9.17) is 13.9 Å². The number of rotatable bonds is 6. The molecule has 2 heterocycles. The van der Waals surface area contributed by atoms with Gasteiger partial charge in [0.05, 0.1) is 29.2 Å². The van der Waals surface area contributed by atoms with Crippen molar-refractivity contribution in [2.45, 2.75) is 6.61 Å². The van der Waals surface area contributed by atoms with Gasteiger partial charge in [0.1, 0.15) is 0 Å². The third-order valence-electron chi connectivity index (χ3n) is 3.03. The Morgan fingerprint density at radius 2 is 2.22 bits per heavy atom. The van der Waals surface area contributed by atoms with Crippen LogP contribution in [0.15, 0.2) is 46.3 Å². The highest BCUT2D eigenvalue weighted by Crippen LogP contribution is 2.32. The van der Waals surface area contributed by atoms with Gasteiger partial charge in [-0.3, -0.25) is 10.1 Å². The molecule has 2 aromatic heterocycles. The van der Waals surface area contributed by atoms with Crippen LogP contribution in [0, 0.1) is 10.1 Å². The summed E-state index contributed by atoms with van der Waals surface area (Å²) in [4.78, 5) is 15.5. The Bertz CT molecular complexity index is 813. The standard InChI is InChI=1S/C15H12N2O5S/c1-20-11-5-4-10(17(18)19)7-12(11)21-9-15-16-8-13(22-15)14-3-2-6-23-14/h2-8H,9H2,1H3. The summed E-state index contributed by atoms with van der Waals surface area (Å²) < 4.78 is 16.3. The van der Waals surface area contributed by atoms with Crippen molar-refractivity contribution < 1.29 is 18.8 Å². The molecule has 0 aliphatic carbocycles. The number of oxazole rings is 1. The lowest BCUT2D eigenvalue weighted by Gasteiger charge is -2.08. The van der Waals surface area contributed by atoms with E-state index in [2.05, 4.69) is 4.98 Å². The average Bonchev–Trinajstić information content (AvgIpc) is 3.23. The topological polar surface area (TPSA) is 87.6 Å². The quantitative estimate of drug-likeness (QED) is 0.502. The molecule has 118 valence electrons. The van der Waals surface area contributed by atoms with Crippen LogP contribution in [0.2, 0.25) is 0 Å². The first-order valence-corrected chi connectivity index (χ1v) is 7.49. The van der Waals surface area contributed by atoms with Crippen molar-refractivity contribution in [3.05, 3.63) is 57.9 Å². The van der Waals surface area contributed by atoms with Crippen molar-refractivity contribution >= 4 is 17.0 Å². The Kier molecular flexibility index (Phi) is 4.24. The van der Waals surface area contributed by atoms with Gasteiger partial charge in [-0.05, 0) is 17.5 Å². The van der Waals surface area contributed by atoms with E-state index < -0.39 is 4.92 Å². The number of hydrogen-bond donors (Lipinski definition) is 0. The Hall–Kier alpha value is -2.87. The van der Waals surface area contributed by atoms with E-state index in [0.717, 1.165) is 4.88 Å². The van der Waals surface area contributed by atoms with Gasteiger partial charge in [-0.1, -0.05) is 6.07 Å². The van der Waals surface area contributed by atoms with E-state index >= 15 is 0 Å². The van der Waals surface area contributed by atoms with Crippen LogP contribution in [0.1, 0.15) is 5.89 Å². The molecule has 3 aromatic rings. The molecule has 0 aliphatic heterocycles. The first-order chi connectivity index (χ1) is 11.2. The van der Waals surface area contributed by atoms with E-state index in [-0.39, 0.29) is 18.0 Å². The summed E-state index contributed by atoms with van der Waals surface area (Å²) in [6.07, 6.45) is 1.62. The highest BCUT2D eigenvalue weighted by Gasteiger charge is 2.14. The van der Waals surface area contributed by atoms with Gasteiger partial charge >= 0.3 is 0 Å². The Balaban J connectivity index is 1.75. The Morgan fingerprint density at radius 3 is 2.91 bits per heavy atom. The molecule has 0 N–H and O–H groups in total. The zero-order valence-electron chi connectivity index (χ0n) is 12.1. The average molecular weight is 332 g/mol. The number of non-ortho nitro benzene ring substituents is 1. The number of thiophene rings is 1. The lowest BCUT2D eigenvalue weighted by atomic mass is 10.3. The summed E-state index contributed by atoms with van der Waals surface area (Å²) in [6, 6.07) is 8.00. The maximum Gasteiger partial charge on any atom is 0.273 e. The van der Waals surface area contributed by atoms with Crippen LogP contribution in [-0.4, -0.2) is 17.0 Å². The number of benzene rings is 1. The monoisotopic (exact) mass is 332 g/mol. The second-order valence-electron chi connectivity index (χ2n) is 4.48. The van der Waals surface area contributed by atoms with Crippen LogP contribution in [0.4, 0.5) is 5.69 Å². The molecule has 0 unspecified atom stereocenters. The minimum absolute atomic E-state index is 0.0445. The van der Waals surface area contributed by atoms with E-state index in [1.54, 1.807) is 17.5 Å². The predicted octanol–water partition coefficient (Wildman–Crippen LogP) is 3.90. The number of nitro groups is 1. The third kappa shape index (κ3) is 3.32. The summed E-state index contributed by atoms with van der Waals surface area (Å²) in [6.45, 7) is 0.0445. The molecule has 0 spiro atoms. The van der Waals surface area contributed by atoms with Gasteiger partial charge in [0.15, 0.2) is 23.9 Å². The Morgan fingerprint density at radius 1 is 1.35 bits per heavy atom. The fourth-order valence-electron chi connectivity index (χ4n) is 1.94. The minimum atomic E-state index is -0.494. The fraction of sp³-hybridized carbons (Fsp3) is 0.133. The van der Waals surface area contributed by atoms with Gasteiger partial charge in [0, 0.05) is 6.07 Å². The van der Waals surface area contributed by atoms with Crippen LogP contribution < -0.4 is 9.47 Å². The number of nitrogens with zero attached hydrogens (tertiary/aromatic N) is 2. The third-order valence-corrected chi connectivity index (χ3v) is 3.91. The molecule has 0 aliphatic rings. The zero-order chi connectivity index (χ0) is 16.2. The van der Waals surface area contributed by atoms with Crippen LogP contribution in [0.5, 0.6) is 11.5 Å². The van der Waals surface area contributed by atoms with Crippen molar-refractivity contribution in [2.75, 3.05) is 7.11 Å². The molecule has 0 atom stereocenters. The SMILES string of the molecule is COc1ccc([N+](=O)[O-])cc1OCc1ncc(-c2cccs2)o1. The van der Waals surface area contributed by atoms with Gasteiger partial charge in [-0.15, -0.1) is 11.3 Å². The van der Waals surface area contributed by atoms with Crippen molar-refractivity contribution in [3.8, 4) is 22.1 Å². The van der Waals surface area contributed by atoms with E-state index in [0.29, 0.717) is 17.4 Å². The molecule has 0 saturated heterocycles. The van der Waals surface area contributed by atoms with E-state index in [1.165, 1.54) is 25.3 Å². The lowest BCUT2D eigenvalue weighted by Crippen LogP contribution is -1.99. The maximum absolute atomic E-state index is 10.8. The molecular weight excluding hydrogens is 320 g/mol. The lowest BCUT2D eigenvalue weighted by molar-refractivity contribution is -0.385. The number of hydrogen-bond acceptors (Lipinski definition) is 7. The summed E-state index contributed by atoms with van der Waals surface area (Å²) >= 11 is 1.55. The number of ether oxygens (including phenoxy) is 2. The minimum Gasteiger partial charge on any atom is -0.493 e. The summed E-state index contributed by atoms with van der Waals surface area (Å²) in [5, 5.41) is 12.8. The summed E-state index contributed by atoms with van der Waals surface area (Å²) in [5.41, 5.74) is -0.0764. The predicted molar refractivity (Wildman–Crippen MR) is 83.8 cm³/mol. The van der Waals surface area contributed by atoms with Crippen molar-refractivity contribution in [2.24, 2.45) is 0 Å². The van der Waals surface area contributed by atoms with E-state index in [1.807, 2.05) is 17.5 Å². The molecule has 0 fully saturated rings. The van der Waals surface area contributed by atoms with E-state index in [9.17, 15) is 10.1 Å². The van der Waals surface area contributed by atoms with Crippen LogP contribution in [-0.2, 0) is 6.61 Å². The highest BCUT2D eigenvalue weighted by molar-refractivity contribution is 7.13. The van der Waals surface area contributed by atoms with Gasteiger partial charge in [0.25, 0.3) is 5.69 Å². The summed E-state index contributed by atoms with van der Waals surface area (Å²) in [5.74, 6) is 1.70. The Labute approximate surface area is 135 Å². The van der Waals surface area contributed by atoms with Crippen molar-refractivity contribution in [3.63, 3.8) is 0 Å². The number of methoxy groups -OCH3 is 1. The normalized spacial score (nSPS) is 10.5. The van der Waals surface area contributed by atoms with Crippen LogP contribution in [0.25, 0.3) is 10.6 Å². The number of nitro benzene ring substituents is 1. The van der Waals surface area contributed by atoms with Crippen LogP contribution in [0.3, 0.4) is 0 Å². The zero-order valence-corrected chi connectivity index (χ0v) is 12.9. The van der Waals surface area contributed by atoms with Gasteiger partial charge < -0.3 is 13.9 Å². The van der Waals surface area contributed by atoms with Crippen LogP contribution >= 0.6 is 11.3 Å². The first kappa shape index (κ1) is 15.0. The number of aromatic nitrogens is 1. The molecular formula is C15H12N2O5S. The summed E-state index contributed by atoms with van der Waals surface area (Å²) in [7, 11) is 1.47. The van der Waals surface area contributed by atoms with Gasteiger partial charge in [-0.2, -0.15) is 0 Å². The molecule has 1 aromatic carbocycles. The molecule has 0 amide bonds. The van der Waals surface area contributed by atoms with Gasteiger partial charge in [0.2, 0.25) is 5.89 Å². The molecule has 23 heavy (non-hydrogen) atoms. The van der Waals surface area contributed by atoms with Crippen molar-refractivity contribution in [1.29, 1.82) is 0 Å². The second kappa shape index (κ2) is 6.49.